The van der Waals surface area contributed by atoms with Crippen molar-refractivity contribution in [3.8, 4) is 10.6 Å². The van der Waals surface area contributed by atoms with Crippen LogP contribution in [0.4, 0.5) is 0 Å². The molecule has 3 aromatic rings. The van der Waals surface area contributed by atoms with Crippen LogP contribution in [-0.2, 0) is 7.05 Å². The van der Waals surface area contributed by atoms with Crippen molar-refractivity contribution in [1.29, 1.82) is 0 Å². The molecule has 0 saturated carbocycles. The van der Waals surface area contributed by atoms with E-state index in [1.807, 2.05) is 44.5 Å². The lowest BCUT2D eigenvalue weighted by Crippen LogP contribution is -2.29. The number of aryl methyl sites for hydroxylation is 2. The molecule has 1 unspecified atom stereocenters. The fraction of sp³-hybridized carbons (Fsp3) is 0.353. The quantitative estimate of drug-likeness (QED) is 0.668. The molecule has 0 fully saturated rings. The number of hydrogen-bond donors (Lipinski definition) is 2. The summed E-state index contributed by atoms with van der Waals surface area (Å²) in [5, 5.41) is 10.2. The SMILES string of the molecule is Cc1nn(C)c2nc(-c3cccs3)cc(C(=O)NCCC(C)N)c12.Cl.Cl. The molecule has 0 bridgehead atoms. The third-order valence-corrected chi connectivity index (χ3v) is 4.76. The van der Waals surface area contributed by atoms with Gasteiger partial charge in [0.05, 0.1) is 27.2 Å². The maximum atomic E-state index is 12.7. The number of fused-ring (bicyclic) bond motifs is 1. The molecule has 6 nitrogen and oxygen atoms in total. The molecule has 142 valence electrons. The van der Waals surface area contributed by atoms with Gasteiger partial charge in [-0.1, -0.05) is 6.07 Å². The number of thiophene rings is 1. The van der Waals surface area contributed by atoms with Gasteiger partial charge >= 0.3 is 0 Å². The van der Waals surface area contributed by atoms with Crippen molar-refractivity contribution in [2.45, 2.75) is 26.3 Å². The summed E-state index contributed by atoms with van der Waals surface area (Å²) in [5.41, 5.74) is 8.67. The Morgan fingerprint density at radius 2 is 2.15 bits per heavy atom. The number of carbonyl (C=O) groups is 1. The van der Waals surface area contributed by atoms with E-state index in [-0.39, 0.29) is 36.8 Å². The van der Waals surface area contributed by atoms with E-state index in [4.69, 9.17) is 10.7 Å². The summed E-state index contributed by atoms with van der Waals surface area (Å²) in [6.07, 6.45) is 0.740. The van der Waals surface area contributed by atoms with Crippen molar-refractivity contribution in [3.05, 3.63) is 34.8 Å². The second kappa shape index (κ2) is 9.32. The minimum Gasteiger partial charge on any atom is -0.352 e. The van der Waals surface area contributed by atoms with Gasteiger partial charge < -0.3 is 11.1 Å². The number of rotatable bonds is 5. The Balaban J connectivity index is 0.00000169. The molecule has 3 heterocycles. The summed E-state index contributed by atoms with van der Waals surface area (Å²) in [6.45, 7) is 4.37. The molecule has 26 heavy (non-hydrogen) atoms. The van der Waals surface area contributed by atoms with E-state index in [0.717, 1.165) is 33.7 Å². The Hall–Kier alpha value is -1.67. The van der Waals surface area contributed by atoms with Crippen LogP contribution in [0.2, 0.25) is 0 Å². The Kier molecular flexibility index (Phi) is 8.02. The lowest BCUT2D eigenvalue weighted by molar-refractivity contribution is 0.0954. The van der Waals surface area contributed by atoms with Gasteiger partial charge in [0, 0.05) is 19.6 Å². The second-order valence-electron chi connectivity index (χ2n) is 5.96. The summed E-state index contributed by atoms with van der Waals surface area (Å²) in [7, 11) is 1.85. The number of hydrogen-bond acceptors (Lipinski definition) is 5. The van der Waals surface area contributed by atoms with E-state index < -0.39 is 0 Å². The number of amides is 1. The predicted molar refractivity (Wildman–Crippen MR) is 112 cm³/mol. The van der Waals surface area contributed by atoms with Gasteiger partial charge in [0.15, 0.2) is 5.65 Å². The summed E-state index contributed by atoms with van der Waals surface area (Å²) < 4.78 is 1.72. The van der Waals surface area contributed by atoms with Crippen molar-refractivity contribution in [3.63, 3.8) is 0 Å². The fourth-order valence-electron chi connectivity index (χ4n) is 2.68. The Bertz CT molecular complexity index is 877. The van der Waals surface area contributed by atoms with Crippen LogP contribution in [0.25, 0.3) is 21.6 Å². The van der Waals surface area contributed by atoms with Crippen LogP contribution in [-0.4, -0.2) is 33.3 Å². The molecular weight excluding hydrogens is 393 g/mol. The summed E-state index contributed by atoms with van der Waals surface area (Å²) in [4.78, 5) is 18.4. The smallest absolute Gasteiger partial charge is 0.252 e. The average Bonchev–Trinajstić information content (AvgIpc) is 3.15. The maximum Gasteiger partial charge on any atom is 0.252 e. The summed E-state index contributed by atoms with van der Waals surface area (Å²) >= 11 is 1.60. The highest BCUT2D eigenvalue weighted by molar-refractivity contribution is 7.13. The molecule has 0 saturated heterocycles. The zero-order chi connectivity index (χ0) is 17.3. The van der Waals surface area contributed by atoms with Crippen LogP contribution >= 0.6 is 36.2 Å². The second-order valence-corrected chi connectivity index (χ2v) is 6.91. The highest BCUT2D eigenvalue weighted by Gasteiger charge is 2.19. The number of pyridine rings is 1. The van der Waals surface area contributed by atoms with E-state index in [9.17, 15) is 4.79 Å². The highest BCUT2D eigenvalue weighted by atomic mass is 35.5. The van der Waals surface area contributed by atoms with Gasteiger partial charge in [-0.15, -0.1) is 36.2 Å². The molecule has 0 aliphatic rings. The number of nitrogens with zero attached hydrogens (tertiary/aromatic N) is 3. The topological polar surface area (TPSA) is 85.8 Å². The molecule has 0 aliphatic heterocycles. The first-order valence-corrected chi connectivity index (χ1v) is 8.77. The van der Waals surface area contributed by atoms with Crippen molar-refractivity contribution in [2.75, 3.05) is 6.54 Å². The lowest BCUT2D eigenvalue weighted by atomic mass is 10.1. The Labute approximate surface area is 169 Å². The zero-order valence-electron chi connectivity index (χ0n) is 14.9. The first-order valence-electron chi connectivity index (χ1n) is 7.89. The molecule has 0 aromatic carbocycles. The highest BCUT2D eigenvalue weighted by Crippen LogP contribution is 2.29. The van der Waals surface area contributed by atoms with Gasteiger partial charge in [0.2, 0.25) is 0 Å². The van der Waals surface area contributed by atoms with Gasteiger partial charge in [0.25, 0.3) is 5.91 Å². The monoisotopic (exact) mass is 415 g/mol. The molecular formula is C17H23Cl2N5OS. The van der Waals surface area contributed by atoms with Crippen molar-refractivity contribution < 1.29 is 4.79 Å². The van der Waals surface area contributed by atoms with E-state index >= 15 is 0 Å². The standard InChI is InChI=1S/C17H21N5OS.2ClH/c1-10(18)6-7-19-17(23)12-9-13(14-5-4-8-24-14)20-16-15(12)11(2)21-22(16)3;;/h4-5,8-10H,6-7,18H2,1-3H3,(H,19,23);2*1H. The van der Waals surface area contributed by atoms with E-state index in [1.54, 1.807) is 16.0 Å². The first-order chi connectivity index (χ1) is 11.5. The number of halogens is 2. The number of nitrogens with two attached hydrogens (primary N) is 1. The number of aromatic nitrogens is 3. The number of nitrogens with one attached hydrogen (secondary N) is 1. The zero-order valence-corrected chi connectivity index (χ0v) is 17.3. The third kappa shape index (κ3) is 4.54. The van der Waals surface area contributed by atoms with E-state index in [0.29, 0.717) is 12.1 Å². The predicted octanol–water partition coefficient (Wildman–Crippen LogP) is 3.32. The van der Waals surface area contributed by atoms with E-state index in [2.05, 4.69) is 10.4 Å². The van der Waals surface area contributed by atoms with Crippen molar-refractivity contribution >= 4 is 53.1 Å². The van der Waals surface area contributed by atoms with Crippen molar-refractivity contribution in [2.24, 2.45) is 12.8 Å². The fourth-order valence-corrected chi connectivity index (χ4v) is 3.37. The van der Waals surface area contributed by atoms with Crippen LogP contribution in [0.1, 0.15) is 29.4 Å². The van der Waals surface area contributed by atoms with Crippen LogP contribution in [0.5, 0.6) is 0 Å². The molecule has 9 heteroatoms. The summed E-state index contributed by atoms with van der Waals surface area (Å²) in [5.74, 6) is -0.114. The molecule has 0 aliphatic carbocycles. The molecule has 3 aromatic heterocycles. The third-order valence-electron chi connectivity index (χ3n) is 3.87. The summed E-state index contributed by atoms with van der Waals surface area (Å²) in [6, 6.07) is 5.89. The molecule has 0 spiro atoms. The molecule has 3 rings (SSSR count). The minimum absolute atomic E-state index is 0. The molecule has 1 atom stereocenters. The van der Waals surface area contributed by atoms with Crippen LogP contribution in [0.15, 0.2) is 23.6 Å². The molecule has 1 amide bonds. The van der Waals surface area contributed by atoms with Gasteiger partial charge in [-0.25, -0.2) is 4.98 Å². The minimum atomic E-state index is -0.114. The van der Waals surface area contributed by atoms with Gasteiger partial charge in [-0.3, -0.25) is 9.48 Å². The van der Waals surface area contributed by atoms with Gasteiger partial charge in [-0.2, -0.15) is 5.10 Å². The van der Waals surface area contributed by atoms with Crippen molar-refractivity contribution in [1.82, 2.24) is 20.1 Å². The number of carbonyl (C=O) groups excluding carboxylic acids is 1. The molecule has 0 radical (unpaired) electrons. The Morgan fingerprint density at radius 1 is 1.42 bits per heavy atom. The molecule has 3 N–H and O–H groups in total. The lowest BCUT2D eigenvalue weighted by Gasteiger charge is -2.10. The largest absolute Gasteiger partial charge is 0.352 e. The van der Waals surface area contributed by atoms with Crippen LogP contribution in [0.3, 0.4) is 0 Å². The average molecular weight is 416 g/mol. The van der Waals surface area contributed by atoms with Gasteiger partial charge in [-0.05, 0) is 37.8 Å². The van der Waals surface area contributed by atoms with Crippen LogP contribution in [0, 0.1) is 6.92 Å². The normalized spacial score (nSPS) is 11.5. The first kappa shape index (κ1) is 22.4. The maximum absolute atomic E-state index is 12.7. The van der Waals surface area contributed by atoms with Gasteiger partial charge in [0.1, 0.15) is 0 Å². The van der Waals surface area contributed by atoms with E-state index in [1.165, 1.54) is 0 Å². The Morgan fingerprint density at radius 3 is 2.77 bits per heavy atom. The van der Waals surface area contributed by atoms with Crippen LogP contribution < -0.4 is 11.1 Å².